The molecule has 4 rings (SSSR count). The summed E-state index contributed by atoms with van der Waals surface area (Å²) in [7, 11) is 1.95. The van der Waals surface area contributed by atoms with Crippen LogP contribution in [0.2, 0.25) is 0 Å². The van der Waals surface area contributed by atoms with Crippen LogP contribution in [0.5, 0.6) is 0 Å². The monoisotopic (exact) mass is 278 g/mol. The second kappa shape index (κ2) is 4.48. The molecule has 7 nitrogen and oxygen atoms in total. The lowest BCUT2D eigenvalue weighted by molar-refractivity contribution is 0.431. The van der Waals surface area contributed by atoms with Crippen LogP contribution in [-0.2, 0) is 7.05 Å². The van der Waals surface area contributed by atoms with E-state index in [1.807, 2.05) is 29.8 Å². The average Bonchev–Trinajstić information content (AvgIpc) is 3.15. The summed E-state index contributed by atoms with van der Waals surface area (Å²) in [5.74, 6) is 0.849. The van der Waals surface area contributed by atoms with Gasteiger partial charge in [-0.1, -0.05) is 5.16 Å². The van der Waals surface area contributed by atoms with E-state index >= 15 is 0 Å². The van der Waals surface area contributed by atoms with Gasteiger partial charge in [0, 0.05) is 25.0 Å². The molecular formula is C14H10N6O. The van der Waals surface area contributed by atoms with Gasteiger partial charge < -0.3 is 9.09 Å². The lowest BCUT2D eigenvalue weighted by Gasteiger charge is -1.96. The second-order valence-electron chi connectivity index (χ2n) is 4.57. The molecule has 0 aliphatic carbocycles. The van der Waals surface area contributed by atoms with Crippen LogP contribution in [0.4, 0.5) is 0 Å². The van der Waals surface area contributed by atoms with Gasteiger partial charge in [-0.2, -0.15) is 4.98 Å². The zero-order chi connectivity index (χ0) is 14.2. The fourth-order valence-corrected chi connectivity index (χ4v) is 2.13. The van der Waals surface area contributed by atoms with Crippen molar-refractivity contribution in [3.63, 3.8) is 0 Å². The third-order valence-electron chi connectivity index (χ3n) is 3.19. The Morgan fingerprint density at radius 2 is 2.10 bits per heavy atom. The Hall–Kier alpha value is -3.09. The van der Waals surface area contributed by atoms with Crippen LogP contribution in [0.1, 0.15) is 0 Å². The van der Waals surface area contributed by atoms with Gasteiger partial charge in [-0.15, -0.1) is 0 Å². The zero-order valence-electron chi connectivity index (χ0n) is 11.1. The first-order chi connectivity index (χ1) is 10.3. The van der Waals surface area contributed by atoms with E-state index in [0.29, 0.717) is 17.4 Å². The van der Waals surface area contributed by atoms with Crippen molar-refractivity contribution in [2.75, 3.05) is 0 Å². The van der Waals surface area contributed by atoms with Crippen LogP contribution in [0.3, 0.4) is 0 Å². The Balaban J connectivity index is 1.77. The lowest BCUT2D eigenvalue weighted by Crippen LogP contribution is -1.86. The minimum atomic E-state index is 0.346. The van der Waals surface area contributed by atoms with Crippen molar-refractivity contribution < 1.29 is 4.52 Å². The predicted molar refractivity (Wildman–Crippen MR) is 75.0 cm³/mol. The number of aromatic nitrogens is 6. The van der Waals surface area contributed by atoms with E-state index in [0.717, 1.165) is 16.6 Å². The Kier molecular flexibility index (Phi) is 2.50. The molecule has 0 fully saturated rings. The number of benzene rings is 1. The number of fused-ring (bicyclic) bond motifs is 1. The molecule has 0 aliphatic heterocycles. The highest BCUT2D eigenvalue weighted by Crippen LogP contribution is 2.23. The third-order valence-corrected chi connectivity index (χ3v) is 3.19. The molecule has 102 valence electrons. The van der Waals surface area contributed by atoms with Crippen molar-refractivity contribution in [1.29, 1.82) is 0 Å². The SMILES string of the molecule is Cn1cnc2cc(-c3noc(-c4cnccn4)n3)ccc21. The standard InChI is InChI=1S/C14H10N6O/c1-20-8-17-10-6-9(2-3-12(10)20)13-18-14(21-19-13)11-7-15-4-5-16-11/h2-8H,1H3. The molecule has 4 aromatic rings. The predicted octanol–water partition coefficient (Wildman–Crippen LogP) is 2.08. The smallest absolute Gasteiger partial charge is 0.278 e. The summed E-state index contributed by atoms with van der Waals surface area (Å²) in [4.78, 5) is 16.8. The Labute approximate surface area is 119 Å². The quantitative estimate of drug-likeness (QED) is 0.558. The summed E-state index contributed by atoms with van der Waals surface area (Å²) in [5, 5.41) is 3.99. The van der Waals surface area contributed by atoms with Crippen LogP contribution in [0.25, 0.3) is 34.0 Å². The van der Waals surface area contributed by atoms with Crippen molar-refractivity contribution in [3.05, 3.63) is 43.1 Å². The van der Waals surface area contributed by atoms with Gasteiger partial charge in [0.1, 0.15) is 5.69 Å². The summed E-state index contributed by atoms with van der Waals surface area (Å²) < 4.78 is 7.19. The molecule has 0 aliphatic rings. The van der Waals surface area contributed by atoms with Gasteiger partial charge in [0.25, 0.3) is 5.89 Å². The lowest BCUT2D eigenvalue weighted by atomic mass is 10.2. The van der Waals surface area contributed by atoms with Crippen LogP contribution < -0.4 is 0 Å². The van der Waals surface area contributed by atoms with Gasteiger partial charge in [-0.25, -0.2) is 9.97 Å². The highest BCUT2D eigenvalue weighted by atomic mass is 16.5. The molecular weight excluding hydrogens is 268 g/mol. The number of hydrogen-bond donors (Lipinski definition) is 0. The van der Waals surface area contributed by atoms with Crippen LogP contribution >= 0.6 is 0 Å². The molecule has 21 heavy (non-hydrogen) atoms. The first-order valence-electron chi connectivity index (χ1n) is 6.33. The Morgan fingerprint density at radius 1 is 1.14 bits per heavy atom. The fourth-order valence-electron chi connectivity index (χ4n) is 2.13. The maximum Gasteiger partial charge on any atom is 0.278 e. The summed E-state index contributed by atoms with van der Waals surface area (Å²) in [5.41, 5.74) is 3.34. The fraction of sp³-hybridized carbons (Fsp3) is 0.0714. The zero-order valence-corrected chi connectivity index (χ0v) is 11.1. The van der Waals surface area contributed by atoms with Gasteiger partial charge in [-0.3, -0.25) is 4.98 Å². The topological polar surface area (TPSA) is 82.5 Å². The minimum absolute atomic E-state index is 0.346. The molecule has 0 N–H and O–H groups in total. The molecule has 0 bridgehead atoms. The summed E-state index contributed by atoms with van der Waals surface area (Å²) >= 11 is 0. The van der Waals surface area contributed by atoms with Gasteiger partial charge in [-0.05, 0) is 18.2 Å². The van der Waals surface area contributed by atoms with Crippen molar-refractivity contribution in [2.45, 2.75) is 0 Å². The molecule has 0 spiro atoms. The van der Waals surface area contributed by atoms with E-state index in [-0.39, 0.29) is 0 Å². The van der Waals surface area contributed by atoms with Crippen LogP contribution in [0, 0.1) is 0 Å². The van der Waals surface area contributed by atoms with Gasteiger partial charge >= 0.3 is 0 Å². The minimum Gasteiger partial charge on any atom is -0.334 e. The van der Waals surface area contributed by atoms with Gasteiger partial charge in [0.05, 0.1) is 23.6 Å². The van der Waals surface area contributed by atoms with E-state index in [1.165, 1.54) is 0 Å². The average molecular weight is 278 g/mol. The molecule has 0 saturated heterocycles. The molecule has 3 aromatic heterocycles. The second-order valence-corrected chi connectivity index (χ2v) is 4.57. The molecule has 0 radical (unpaired) electrons. The van der Waals surface area contributed by atoms with Crippen molar-refractivity contribution in [2.24, 2.45) is 7.05 Å². The number of imidazole rings is 1. The van der Waals surface area contributed by atoms with Crippen LogP contribution in [0.15, 0.2) is 47.6 Å². The largest absolute Gasteiger partial charge is 0.334 e. The normalized spacial score (nSPS) is 11.1. The van der Waals surface area contributed by atoms with E-state index in [1.54, 1.807) is 24.9 Å². The maximum absolute atomic E-state index is 5.23. The van der Waals surface area contributed by atoms with E-state index < -0.39 is 0 Å². The Morgan fingerprint density at radius 3 is 2.95 bits per heavy atom. The number of rotatable bonds is 2. The highest BCUT2D eigenvalue weighted by Gasteiger charge is 2.12. The number of nitrogens with zero attached hydrogens (tertiary/aromatic N) is 6. The van der Waals surface area contributed by atoms with Crippen molar-refractivity contribution >= 4 is 11.0 Å². The van der Waals surface area contributed by atoms with E-state index in [2.05, 4.69) is 25.1 Å². The summed E-state index contributed by atoms with van der Waals surface area (Å²) in [6.07, 6.45) is 6.53. The molecule has 0 amide bonds. The molecule has 0 atom stereocenters. The molecule has 0 saturated carbocycles. The highest BCUT2D eigenvalue weighted by molar-refractivity contribution is 5.80. The first-order valence-corrected chi connectivity index (χ1v) is 6.33. The van der Waals surface area contributed by atoms with Crippen molar-refractivity contribution in [1.82, 2.24) is 29.7 Å². The van der Waals surface area contributed by atoms with Gasteiger partial charge in [0.15, 0.2) is 0 Å². The Bertz CT molecular complexity index is 912. The van der Waals surface area contributed by atoms with E-state index in [9.17, 15) is 0 Å². The maximum atomic E-state index is 5.23. The van der Waals surface area contributed by atoms with Crippen LogP contribution in [-0.4, -0.2) is 29.7 Å². The number of aryl methyl sites for hydroxylation is 1. The first kappa shape index (κ1) is 11.7. The van der Waals surface area contributed by atoms with Gasteiger partial charge in [0.2, 0.25) is 5.82 Å². The molecule has 3 heterocycles. The summed E-state index contributed by atoms with van der Waals surface area (Å²) in [6, 6.07) is 5.85. The third kappa shape index (κ3) is 1.95. The molecule has 1 aromatic carbocycles. The molecule has 0 unspecified atom stereocenters. The molecule has 7 heteroatoms. The van der Waals surface area contributed by atoms with E-state index in [4.69, 9.17) is 4.52 Å². The summed E-state index contributed by atoms with van der Waals surface area (Å²) in [6.45, 7) is 0. The number of hydrogen-bond acceptors (Lipinski definition) is 6. The van der Waals surface area contributed by atoms with Crippen molar-refractivity contribution in [3.8, 4) is 23.0 Å².